The zero-order valence-electron chi connectivity index (χ0n) is 19.2. The van der Waals surface area contributed by atoms with Crippen LogP contribution < -0.4 is 15.5 Å². The van der Waals surface area contributed by atoms with E-state index in [0.29, 0.717) is 28.5 Å². The molecular formula is C23H25N9O2. The van der Waals surface area contributed by atoms with Gasteiger partial charge in [-0.2, -0.15) is 0 Å². The Balaban J connectivity index is 1.38. The summed E-state index contributed by atoms with van der Waals surface area (Å²) < 4.78 is 7.33. The molecule has 1 aliphatic heterocycles. The fourth-order valence-electron chi connectivity index (χ4n) is 4.27. The van der Waals surface area contributed by atoms with Crippen molar-refractivity contribution in [2.75, 3.05) is 42.8 Å². The first-order valence-corrected chi connectivity index (χ1v) is 11.3. The molecule has 0 unspecified atom stereocenters. The summed E-state index contributed by atoms with van der Waals surface area (Å²) >= 11 is 0. The highest BCUT2D eigenvalue weighted by Crippen LogP contribution is 2.33. The molecule has 1 amide bonds. The topological polar surface area (TPSA) is 122 Å². The van der Waals surface area contributed by atoms with Crippen molar-refractivity contribution in [3.8, 4) is 11.4 Å². The average molecular weight is 460 g/mol. The number of ether oxygens (including phenoxy) is 1. The van der Waals surface area contributed by atoms with Gasteiger partial charge in [0.15, 0.2) is 23.1 Å². The molecule has 4 aromatic heterocycles. The molecule has 1 saturated carbocycles. The normalized spacial score (nSPS) is 17.1. The minimum absolute atomic E-state index is 0.0213. The minimum Gasteiger partial charge on any atom is -0.375 e. The highest BCUT2D eigenvalue weighted by molar-refractivity contribution is 6.01. The Morgan fingerprint density at radius 3 is 2.79 bits per heavy atom. The van der Waals surface area contributed by atoms with Crippen LogP contribution in [0.4, 0.5) is 17.3 Å². The molecule has 0 atom stereocenters. The van der Waals surface area contributed by atoms with Crippen LogP contribution in [0.2, 0.25) is 0 Å². The summed E-state index contributed by atoms with van der Waals surface area (Å²) in [6.45, 7) is 3.75. The van der Waals surface area contributed by atoms with Gasteiger partial charge in [-0.25, -0.2) is 14.5 Å². The number of nitrogens with one attached hydrogen (secondary N) is 2. The molecule has 0 spiro atoms. The van der Waals surface area contributed by atoms with Gasteiger partial charge in [-0.3, -0.25) is 4.79 Å². The molecule has 174 valence electrons. The van der Waals surface area contributed by atoms with E-state index in [4.69, 9.17) is 14.8 Å². The van der Waals surface area contributed by atoms with Gasteiger partial charge in [-0.15, -0.1) is 15.3 Å². The number of carbonyl (C=O) groups excluding carboxylic acids is 1. The van der Waals surface area contributed by atoms with Gasteiger partial charge in [-0.1, -0.05) is 0 Å². The van der Waals surface area contributed by atoms with Gasteiger partial charge in [0, 0.05) is 50.3 Å². The fraction of sp³-hybridized carbons (Fsp3) is 0.391. The van der Waals surface area contributed by atoms with Crippen LogP contribution in [-0.2, 0) is 9.53 Å². The molecule has 6 rings (SSSR count). The van der Waals surface area contributed by atoms with Gasteiger partial charge in [-0.05, 0) is 38.0 Å². The first-order chi connectivity index (χ1) is 16.5. The number of carbonyl (C=O) groups is 1. The van der Waals surface area contributed by atoms with Gasteiger partial charge in [0.2, 0.25) is 5.91 Å². The predicted molar refractivity (Wildman–Crippen MR) is 128 cm³/mol. The Kier molecular flexibility index (Phi) is 4.63. The molecule has 11 heteroatoms. The van der Waals surface area contributed by atoms with E-state index >= 15 is 0 Å². The Morgan fingerprint density at radius 2 is 2.06 bits per heavy atom. The van der Waals surface area contributed by atoms with Gasteiger partial charge < -0.3 is 20.3 Å². The van der Waals surface area contributed by atoms with Gasteiger partial charge in [0.25, 0.3) is 0 Å². The quantitative estimate of drug-likeness (QED) is 0.447. The van der Waals surface area contributed by atoms with Crippen LogP contribution in [0.25, 0.3) is 27.9 Å². The van der Waals surface area contributed by atoms with Crippen molar-refractivity contribution >= 4 is 39.8 Å². The van der Waals surface area contributed by atoms with E-state index in [1.54, 1.807) is 24.9 Å². The van der Waals surface area contributed by atoms with Gasteiger partial charge >= 0.3 is 0 Å². The van der Waals surface area contributed by atoms with E-state index in [-0.39, 0.29) is 17.4 Å². The smallest absolute Gasteiger partial charge is 0.228 e. The first-order valence-electron chi connectivity index (χ1n) is 11.3. The van der Waals surface area contributed by atoms with E-state index in [1.807, 2.05) is 24.4 Å². The van der Waals surface area contributed by atoms with Crippen LogP contribution in [0.3, 0.4) is 0 Å². The third-order valence-corrected chi connectivity index (χ3v) is 6.53. The van der Waals surface area contributed by atoms with Crippen molar-refractivity contribution < 1.29 is 9.53 Å². The molecule has 4 aromatic rings. The summed E-state index contributed by atoms with van der Waals surface area (Å²) in [6, 6.07) is 5.80. The highest BCUT2D eigenvalue weighted by atomic mass is 16.5. The summed E-state index contributed by atoms with van der Waals surface area (Å²) in [5, 5.41) is 19.9. The van der Waals surface area contributed by atoms with Crippen molar-refractivity contribution in [3.63, 3.8) is 0 Å². The lowest BCUT2D eigenvalue weighted by atomic mass is 9.96. The lowest BCUT2D eigenvalue weighted by Crippen LogP contribution is -2.61. The summed E-state index contributed by atoms with van der Waals surface area (Å²) in [4.78, 5) is 23.7. The third kappa shape index (κ3) is 3.48. The fourth-order valence-corrected chi connectivity index (χ4v) is 4.27. The molecule has 1 aliphatic carbocycles. The SMILES string of the molecule is CNc1ncc(-c2nc3ccc(N4CC(C)(OC)C4)cn3n2)c2cc(NC(=O)C3CC3)nnc12. The van der Waals surface area contributed by atoms with E-state index in [2.05, 4.69) is 37.6 Å². The number of hydrogen-bond donors (Lipinski definition) is 2. The lowest BCUT2D eigenvalue weighted by Gasteiger charge is -2.48. The highest BCUT2D eigenvalue weighted by Gasteiger charge is 2.39. The van der Waals surface area contributed by atoms with Crippen molar-refractivity contribution in [1.82, 2.24) is 29.8 Å². The van der Waals surface area contributed by atoms with E-state index in [9.17, 15) is 4.79 Å². The maximum atomic E-state index is 12.2. The van der Waals surface area contributed by atoms with E-state index in [1.165, 1.54) is 0 Å². The van der Waals surface area contributed by atoms with Gasteiger partial charge in [0.1, 0.15) is 5.52 Å². The third-order valence-electron chi connectivity index (χ3n) is 6.53. The van der Waals surface area contributed by atoms with Crippen LogP contribution in [0.1, 0.15) is 19.8 Å². The molecular weight excluding hydrogens is 434 g/mol. The van der Waals surface area contributed by atoms with Crippen LogP contribution in [-0.4, -0.2) is 68.5 Å². The molecule has 0 radical (unpaired) electrons. The molecule has 5 heterocycles. The van der Waals surface area contributed by atoms with Crippen molar-refractivity contribution in [3.05, 3.63) is 30.6 Å². The van der Waals surface area contributed by atoms with Crippen LogP contribution >= 0.6 is 0 Å². The van der Waals surface area contributed by atoms with E-state index in [0.717, 1.165) is 42.7 Å². The number of pyridine rings is 2. The standard InChI is InChI=1S/C23H25N9O2/c1-23(34-3)11-31(12-23)14-6-7-18-27-20(30-32(18)10-14)16-9-25-21(24-2)19-15(16)8-17(28-29-19)26-22(33)13-4-5-13/h6-10,13H,4-5,11-12H2,1-3H3,(H,24,25)(H,26,28,33). The largest absolute Gasteiger partial charge is 0.375 e. The zero-order valence-corrected chi connectivity index (χ0v) is 19.2. The number of amides is 1. The molecule has 2 aliphatic rings. The molecule has 2 fully saturated rings. The summed E-state index contributed by atoms with van der Waals surface area (Å²) in [5.74, 6) is 1.58. The molecule has 2 N–H and O–H groups in total. The Labute approximate surface area is 195 Å². The average Bonchev–Trinajstić information content (AvgIpc) is 3.60. The number of anilines is 3. The maximum absolute atomic E-state index is 12.2. The number of fused-ring (bicyclic) bond motifs is 2. The van der Waals surface area contributed by atoms with Crippen molar-refractivity contribution in [2.24, 2.45) is 5.92 Å². The molecule has 1 saturated heterocycles. The predicted octanol–water partition coefficient (Wildman–Crippen LogP) is 2.35. The lowest BCUT2D eigenvalue weighted by molar-refractivity contribution is -0.117. The summed E-state index contributed by atoms with van der Waals surface area (Å²) in [5.41, 5.74) is 2.97. The van der Waals surface area contributed by atoms with Gasteiger partial charge in [0.05, 0.1) is 17.5 Å². The number of hydrogen-bond acceptors (Lipinski definition) is 9. The van der Waals surface area contributed by atoms with E-state index < -0.39 is 0 Å². The molecule has 0 bridgehead atoms. The number of nitrogens with zero attached hydrogens (tertiary/aromatic N) is 7. The second-order valence-corrected chi connectivity index (χ2v) is 9.16. The Bertz CT molecular complexity index is 1420. The molecule has 34 heavy (non-hydrogen) atoms. The summed E-state index contributed by atoms with van der Waals surface area (Å²) in [6.07, 6.45) is 5.53. The number of aromatic nitrogens is 6. The monoisotopic (exact) mass is 459 g/mol. The second-order valence-electron chi connectivity index (χ2n) is 9.16. The number of methoxy groups -OCH3 is 1. The number of rotatable bonds is 6. The Hall–Kier alpha value is -3.86. The minimum atomic E-state index is -0.115. The van der Waals surface area contributed by atoms with Crippen LogP contribution in [0.15, 0.2) is 30.6 Å². The molecule has 11 nitrogen and oxygen atoms in total. The molecule has 0 aromatic carbocycles. The van der Waals surface area contributed by atoms with Crippen molar-refractivity contribution in [2.45, 2.75) is 25.4 Å². The maximum Gasteiger partial charge on any atom is 0.228 e. The zero-order chi connectivity index (χ0) is 23.4. The van der Waals surface area contributed by atoms with Crippen molar-refractivity contribution in [1.29, 1.82) is 0 Å². The van der Waals surface area contributed by atoms with Crippen LogP contribution in [0, 0.1) is 5.92 Å². The van der Waals surface area contributed by atoms with Crippen LogP contribution in [0.5, 0.6) is 0 Å². The second kappa shape index (κ2) is 7.59. The summed E-state index contributed by atoms with van der Waals surface area (Å²) in [7, 11) is 3.52. The Morgan fingerprint density at radius 1 is 1.24 bits per heavy atom. The first kappa shape index (κ1) is 20.7.